The first-order chi connectivity index (χ1) is 8.65. The lowest BCUT2D eigenvalue weighted by molar-refractivity contribution is -0.126. The van der Waals surface area contributed by atoms with Crippen LogP contribution in [0, 0.1) is 5.92 Å². The molecule has 2 rings (SSSR count). The number of rotatable bonds is 3. The summed E-state index contributed by atoms with van der Waals surface area (Å²) in [5.74, 6) is 0.461. The average Bonchev–Trinajstić information content (AvgIpc) is 2.36. The van der Waals surface area contributed by atoms with Gasteiger partial charge in [-0.3, -0.25) is 4.79 Å². The minimum Gasteiger partial charge on any atom is -0.508 e. The SMILES string of the molecule is C[C@H]1C[C@@H](C(=O)NCc2cccc(O)c2)CCN1.Cl. The van der Waals surface area contributed by atoms with Crippen LogP contribution in [-0.4, -0.2) is 23.6 Å². The molecular formula is C14H21ClN2O2. The van der Waals surface area contributed by atoms with E-state index in [-0.39, 0.29) is 30.0 Å². The number of phenolic OH excluding ortho intramolecular Hbond substituents is 1. The van der Waals surface area contributed by atoms with Gasteiger partial charge >= 0.3 is 0 Å². The van der Waals surface area contributed by atoms with E-state index in [1.54, 1.807) is 18.2 Å². The number of hydrogen-bond donors (Lipinski definition) is 3. The summed E-state index contributed by atoms with van der Waals surface area (Å²) in [5, 5.41) is 15.6. The Morgan fingerprint density at radius 2 is 2.32 bits per heavy atom. The van der Waals surface area contributed by atoms with Crippen LogP contribution in [0.25, 0.3) is 0 Å². The van der Waals surface area contributed by atoms with Crippen LogP contribution >= 0.6 is 12.4 Å². The zero-order chi connectivity index (χ0) is 13.0. The van der Waals surface area contributed by atoms with E-state index in [0.29, 0.717) is 12.6 Å². The lowest BCUT2D eigenvalue weighted by atomic mass is 9.92. The van der Waals surface area contributed by atoms with Gasteiger partial charge in [0.15, 0.2) is 0 Å². The fourth-order valence-electron chi connectivity index (χ4n) is 2.37. The van der Waals surface area contributed by atoms with Crippen molar-refractivity contribution in [1.82, 2.24) is 10.6 Å². The Bertz CT molecular complexity index is 426. The first-order valence-corrected chi connectivity index (χ1v) is 6.44. The van der Waals surface area contributed by atoms with Crippen LogP contribution < -0.4 is 10.6 Å². The number of aromatic hydroxyl groups is 1. The molecule has 1 aliphatic heterocycles. The molecule has 106 valence electrons. The molecule has 4 nitrogen and oxygen atoms in total. The largest absolute Gasteiger partial charge is 0.508 e. The molecule has 0 bridgehead atoms. The molecule has 1 aromatic carbocycles. The van der Waals surface area contributed by atoms with Crippen molar-refractivity contribution in [3.8, 4) is 5.75 Å². The number of piperidine rings is 1. The predicted molar refractivity (Wildman–Crippen MR) is 77.4 cm³/mol. The third-order valence-electron chi connectivity index (χ3n) is 3.37. The molecule has 5 heteroatoms. The minimum absolute atomic E-state index is 0. The summed E-state index contributed by atoms with van der Waals surface area (Å²) in [6.45, 7) is 3.49. The maximum absolute atomic E-state index is 12.0. The number of carbonyl (C=O) groups is 1. The molecule has 1 fully saturated rings. The van der Waals surface area contributed by atoms with E-state index in [9.17, 15) is 9.90 Å². The quantitative estimate of drug-likeness (QED) is 0.793. The number of benzene rings is 1. The van der Waals surface area contributed by atoms with Crippen molar-refractivity contribution in [3.63, 3.8) is 0 Å². The van der Waals surface area contributed by atoms with Crippen molar-refractivity contribution >= 4 is 18.3 Å². The van der Waals surface area contributed by atoms with E-state index in [1.807, 2.05) is 6.07 Å². The highest BCUT2D eigenvalue weighted by Crippen LogP contribution is 2.16. The maximum Gasteiger partial charge on any atom is 0.223 e. The summed E-state index contributed by atoms with van der Waals surface area (Å²) in [6.07, 6.45) is 1.79. The molecule has 0 saturated carbocycles. The molecular weight excluding hydrogens is 264 g/mol. The molecule has 19 heavy (non-hydrogen) atoms. The van der Waals surface area contributed by atoms with Gasteiger partial charge in [0.25, 0.3) is 0 Å². The molecule has 0 radical (unpaired) electrons. The number of halogens is 1. The van der Waals surface area contributed by atoms with Crippen LogP contribution in [0.15, 0.2) is 24.3 Å². The van der Waals surface area contributed by atoms with Gasteiger partial charge in [-0.05, 0) is 44.0 Å². The highest BCUT2D eigenvalue weighted by atomic mass is 35.5. The Morgan fingerprint density at radius 1 is 1.53 bits per heavy atom. The van der Waals surface area contributed by atoms with E-state index in [4.69, 9.17) is 0 Å². The first kappa shape index (κ1) is 15.8. The van der Waals surface area contributed by atoms with E-state index in [2.05, 4.69) is 17.6 Å². The predicted octanol–water partition coefficient (Wildman–Crippen LogP) is 1.82. The van der Waals surface area contributed by atoms with Gasteiger partial charge in [0.05, 0.1) is 0 Å². The fraction of sp³-hybridized carbons (Fsp3) is 0.500. The fourth-order valence-corrected chi connectivity index (χ4v) is 2.37. The lowest BCUT2D eigenvalue weighted by Gasteiger charge is -2.27. The monoisotopic (exact) mass is 284 g/mol. The molecule has 0 aliphatic carbocycles. The van der Waals surface area contributed by atoms with Crippen molar-refractivity contribution in [2.45, 2.75) is 32.4 Å². The third-order valence-corrected chi connectivity index (χ3v) is 3.37. The number of amides is 1. The Kier molecular flexibility index (Phi) is 6.12. The van der Waals surface area contributed by atoms with E-state index < -0.39 is 0 Å². The van der Waals surface area contributed by atoms with Crippen LogP contribution in [0.3, 0.4) is 0 Å². The normalized spacial score (nSPS) is 22.4. The second-order valence-electron chi connectivity index (χ2n) is 4.96. The third kappa shape index (κ3) is 4.73. The van der Waals surface area contributed by atoms with Gasteiger partial charge in [0.1, 0.15) is 5.75 Å². The molecule has 1 aliphatic rings. The smallest absolute Gasteiger partial charge is 0.223 e. The van der Waals surface area contributed by atoms with Crippen molar-refractivity contribution < 1.29 is 9.90 Å². The van der Waals surface area contributed by atoms with Crippen molar-refractivity contribution in [1.29, 1.82) is 0 Å². The molecule has 1 saturated heterocycles. The minimum atomic E-state index is 0. The molecule has 1 aromatic rings. The van der Waals surface area contributed by atoms with E-state index in [1.165, 1.54) is 0 Å². The van der Waals surface area contributed by atoms with Gasteiger partial charge in [0, 0.05) is 18.5 Å². The summed E-state index contributed by atoms with van der Waals surface area (Å²) in [4.78, 5) is 12.0. The van der Waals surface area contributed by atoms with Gasteiger partial charge in [-0.2, -0.15) is 0 Å². The second-order valence-corrected chi connectivity index (χ2v) is 4.96. The molecule has 0 aromatic heterocycles. The van der Waals surface area contributed by atoms with Crippen LogP contribution in [0.5, 0.6) is 5.75 Å². The molecule has 1 heterocycles. The highest BCUT2D eigenvalue weighted by molar-refractivity contribution is 5.85. The molecule has 0 spiro atoms. The van der Waals surface area contributed by atoms with Crippen molar-refractivity contribution in [2.24, 2.45) is 5.92 Å². The molecule has 3 N–H and O–H groups in total. The Labute approximate surface area is 120 Å². The van der Waals surface area contributed by atoms with Gasteiger partial charge in [-0.15, -0.1) is 12.4 Å². The van der Waals surface area contributed by atoms with Gasteiger partial charge < -0.3 is 15.7 Å². The Hall–Kier alpha value is -1.26. The first-order valence-electron chi connectivity index (χ1n) is 6.44. The summed E-state index contributed by atoms with van der Waals surface area (Å²) >= 11 is 0. The number of hydrogen-bond acceptors (Lipinski definition) is 3. The van der Waals surface area contributed by atoms with Crippen LogP contribution in [0.1, 0.15) is 25.3 Å². The number of carbonyl (C=O) groups excluding carboxylic acids is 1. The van der Waals surface area contributed by atoms with Crippen LogP contribution in [-0.2, 0) is 11.3 Å². The summed E-state index contributed by atoms with van der Waals surface area (Å²) < 4.78 is 0. The number of phenols is 1. The Morgan fingerprint density at radius 3 is 3.00 bits per heavy atom. The van der Waals surface area contributed by atoms with Crippen molar-refractivity contribution in [2.75, 3.05) is 6.54 Å². The highest BCUT2D eigenvalue weighted by Gasteiger charge is 2.24. The maximum atomic E-state index is 12.0. The number of nitrogens with one attached hydrogen (secondary N) is 2. The summed E-state index contributed by atoms with van der Waals surface area (Å²) in [5.41, 5.74) is 0.922. The van der Waals surface area contributed by atoms with Gasteiger partial charge in [-0.1, -0.05) is 12.1 Å². The lowest BCUT2D eigenvalue weighted by Crippen LogP contribution is -2.42. The van der Waals surface area contributed by atoms with E-state index >= 15 is 0 Å². The van der Waals surface area contributed by atoms with Gasteiger partial charge in [0.2, 0.25) is 5.91 Å². The zero-order valence-electron chi connectivity index (χ0n) is 11.1. The van der Waals surface area contributed by atoms with E-state index in [0.717, 1.165) is 24.9 Å². The van der Waals surface area contributed by atoms with Crippen LogP contribution in [0.2, 0.25) is 0 Å². The molecule has 2 atom stereocenters. The van der Waals surface area contributed by atoms with Crippen LogP contribution in [0.4, 0.5) is 0 Å². The standard InChI is InChI=1S/C14H20N2O2.ClH/c1-10-7-12(5-6-15-10)14(18)16-9-11-3-2-4-13(17)8-11;/h2-4,8,10,12,15,17H,5-7,9H2,1H3,(H,16,18);1H/t10-,12-;/m0./s1. The van der Waals surface area contributed by atoms with Gasteiger partial charge in [-0.25, -0.2) is 0 Å². The zero-order valence-corrected chi connectivity index (χ0v) is 11.9. The molecule has 1 amide bonds. The second kappa shape index (κ2) is 7.36. The summed E-state index contributed by atoms with van der Waals surface area (Å²) in [6, 6.07) is 7.38. The molecule has 0 unspecified atom stereocenters. The Balaban J connectivity index is 0.00000180. The summed E-state index contributed by atoms with van der Waals surface area (Å²) in [7, 11) is 0. The average molecular weight is 285 g/mol. The topological polar surface area (TPSA) is 61.4 Å². The van der Waals surface area contributed by atoms with Crippen molar-refractivity contribution in [3.05, 3.63) is 29.8 Å².